The van der Waals surface area contributed by atoms with Crippen LogP contribution in [0.25, 0.3) is 0 Å². The predicted molar refractivity (Wildman–Crippen MR) is 99.6 cm³/mol. The van der Waals surface area contributed by atoms with Crippen molar-refractivity contribution in [1.29, 1.82) is 0 Å². The molecule has 1 saturated heterocycles. The van der Waals surface area contributed by atoms with Gasteiger partial charge in [0.1, 0.15) is 6.61 Å². The minimum absolute atomic E-state index is 0.0738. The van der Waals surface area contributed by atoms with E-state index < -0.39 is 12.1 Å². The number of rotatable bonds is 5. The van der Waals surface area contributed by atoms with Gasteiger partial charge in [-0.3, -0.25) is 9.59 Å². The second-order valence-electron chi connectivity index (χ2n) is 6.62. The van der Waals surface area contributed by atoms with Crippen molar-refractivity contribution in [1.82, 2.24) is 10.2 Å². The second kappa shape index (κ2) is 8.15. The van der Waals surface area contributed by atoms with Gasteiger partial charge in [-0.05, 0) is 24.5 Å². The first-order valence-corrected chi connectivity index (χ1v) is 8.82. The molecule has 2 aromatic rings. The summed E-state index contributed by atoms with van der Waals surface area (Å²) in [5.74, 6) is -0.310. The molecule has 0 aromatic heterocycles. The minimum atomic E-state index is -0.712. The molecule has 1 aliphatic rings. The number of likely N-dealkylation sites (N-methyl/N-ethyl adjacent to an activating group) is 1. The van der Waals surface area contributed by atoms with Gasteiger partial charge in [0.15, 0.2) is 6.10 Å². The summed E-state index contributed by atoms with van der Waals surface area (Å²) in [6.07, 6.45) is 0.0414. The SMILES string of the molecule is Cc1ccc([C@@H]2[C@H](C(=O)NCCc3ccccc3)OCC(=O)N2C)cc1. The van der Waals surface area contributed by atoms with E-state index in [0.29, 0.717) is 6.54 Å². The topological polar surface area (TPSA) is 58.6 Å². The molecule has 0 unspecified atom stereocenters. The van der Waals surface area contributed by atoms with Crippen LogP contribution >= 0.6 is 0 Å². The third kappa shape index (κ3) is 4.11. The van der Waals surface area contributed by atoms with Crippen LogP contribution in [-0.4, -0.2) is 43.0 Å². The molecule has 1 N–H and O–H groups in total. The van der Waals surface area contributed by atoms with E-state index in [-0.39, 0.29) is 18.4 Å². The monoisotopic (exact) mass is 352 g/mol. The molecule has 5 heteroatoms. The Balaban J connectivity index is 1.69. The molecule has 5 nitrogen and oxygen atoms in total. The molecule has 2 aromatic carbocycles. The Hall–Kier alpha value is -2.66. The Kier molecular flexibility index (Phi) is 5.68. The van der Waals surface area contributed by atoms with E-state index in [1.165, 1.54) is 5.56 Å². The molecule has 1 fully saturated rings. The van der Waals surface area contributed by atoms with Crippen molar-refractivity contribution in [2.24, 2.45) is 0 Å². The lowest BCUT2D eigenvalue weighted by molar-refractivity contribution is -0.162. The highest BCUT2D eigenvalue weighted by Crippen LogP contribution is 2.29. The van der Waals surface area contributed by atoms with Crippen molar-refractivity contribution >= 4 is 11.8 Å². The van der Waals surface area contributed by atoms with E-state index in [9.17, 15) is 9.59 Å². The Labute approximate surface area is 154 Å². The van der Waals surface area contributed by atoms with Crippen molar-refractivity contribution in [2.45, 2.75) is 25.5 Å². The van der Waals surface area contributed by atoms with Crippen LogP contribution in [0.1, 0.15) is 22.7 Å². The van der Waals surface area contributed by atoms with Crippen LogP contribution in [0.2, 0.25) is 0 Å². The summed E-state index contributed by atoms with van der Waals surface area (Å²) in [4.78, 5) is 26.4. The highest BCUT2D eigenvalue weighted by Gasteiger charge is 2.39. The molecule has 0 aliphatic carbocycles. The van der Waals surface area contributed by atoms with Gasteiger partial charge in [0.05, 0.1) is 6.04 Å². The van der Waals surface area contributed by atoms with Gasteiger partial charge in [-0.1, -0.05) is 60.2 Å². The van der Waals surface area contributed by atoms with Gasteiger partial charge < -0.3 is 15.0 Å². The molecule has 2 atom stereocenters. The van der Waals surface area contributed by atoms with Gasteiger partial charge in [0.2, 0.25) is 5.91 Å². The average molecular weight is 352 g/mol. The van der Waals surface area contributed by atoms with Gasteiger partial charge in [-0.2, -0.15) is 0 Å². The second-order valence-corrected chi connectivity index (χ2v) is 6.62. The maximum absolute atomic E-state index is 12.7. The number of ether oxygens (including phenoxy) is 1. The lowest BCUT2D eigenvalue weighted by Crippen LogP contribution is -2.53. The van der Waals surface area contributed by atoms with Crippen LogP contribution < -0.4 is 5.32 Å². The Morgan fingerprint density at radius 2 is 1.85 bits per heavy atom. The molecule has 0 radical (unpaired) electrons. The van der Waals surface area contributed by atoms with Crippen LogP contribution in [0.15, 0.2) is 54.6 Å². The van der Waals surface area contributed by atoms with Gasteiger partial charge in [-0.15, -0.1) is 0 Å². The number of nitrogens with zero attached hydrogens (tertiary/aromatic N) is 1. The van der Waals surface area contributed by atoms with Gasteiger partial charge >= 0.3 is 0 Å². The molecule has 2 amide bonds. The molecular formula is C21H24N2O3. The molecule has 136 valence electrons. The summed E-state index contributed by atoms with van der Waals surface area (Å²) >= 11 is 0. The maximum Gasteiger partial charge on any atom is 0.251 e. The molecule has 0 spiro atoms. The van der Waals surface area contributed by atoms with E-state index in [1.807, 2.05) is 61.5 Å². The summed E-state index contributed by atoms with van der Waals surface area (Å²) in [5.41, 5.74) is 3.19. The fourth-order valence-electron chi connectivity index (χ4n) is 3.17. The Morgan fingerprint density at radius 1 is 1.15 bits per heavy atom. The van der Waals surface area contributed by atoms with E-state index in [1.54, 1.807) is 11.9 Å². The standard InChI is InChI=1S/C21H24N2O3/c1-15-8-10-17(11-9-15)19-20(26-14-18(24)23(19)2)21(25)22-13-12-16-6-4-3-5-7-16/h3-11,19-20H,12-14H2,1-2H3,(H,22,25)/t19-,20-/m1/s1. The zero-order chi connectivity index (χ0) is 18.5. The molecule has 0 bridgehead atoms. The quantitative estimate of drug-likeness (QED) is 0.898. The molecule has 3 rings (SSSR count). The predicted octanol–water partition coefficient (Wildman–Crippen LogP) is 2.25. The zero-order valence-corrected chi connectivity index (χ0v) is 15.1. The smallest absolute Gasteiger partial charge is 0.251 e. The number of benzene rings is 2. The first kappa shape index (κ1) is 18.1. The molecular weight excluding hydrogens is 328 g/mol. The Bertz CT molecular complexity index is 759. The molecule has 26 heavy (non-hydrogen) atoms. The van der Waals surface area contributed by atoms with E-state index in [0.717, 1.165) is 17.5 Å². The number of hydrogen-bond donors (Lipinski definition) is 1. The highest BCUT2D eigenvalue weighted by molar-refractivity contribution is 5.86. The Morgan fingerprint density at radius 3 is 2.54 bits per heavy atom. The largest absolute Gasteiger partial charge is 0.356 e. The van der Waals surface area contributed by atoms with Crippen LogP contribution in [0, 0.1) is 6.92 Å². The number of carbonyl (C=O) groups is 2. The number of nitrogens with one attached hydrogen (secondary N) is 1. The van der Waals surface area contributed by atoms with Gasteiger partial charge in [-0.25, -0.2) is 0 Å². The zero-order valence-electron chi connectivity index (χ0n) is 15.1. The first-order valence-electron chi connectivity index (χ1n) is 8.82. The van der Waals surface area contributed by atoms with E-state index >= 15 is 0 Å². The number of amides is 2. The highest BCUT2D eigenvalue weighted by atomic mass is 16.5. The van der Waals surface area contributed by atoms with E-state index in [2.05, 4.69) is 5.32 Å². The van der Waals surface area contributed by atoms with Crippen molar-refractivity contribution in [3.63, 3.8) is 0 Å². The van der Waals surface area contributed by atoms with Gasteiger partial charge in [0, 0.05) is 13.6 Å². The number of aryl methyl sites for hydroxylation is 1. The van der Waals surface area contributed by atoms with Crippen LogP contribution in [0.4, 0.5) is 0 Å². The molecule has 1 heterocycles. The van der Waals surface area contributed by atoms with E-state index in [4.69, 9.17) is 4.74 Å². The summed E-state index contributed by atoms with van der Waals surface area (Å²) in [7, 11) is 1.72. The average Bonchev–Trinajstić information content (AvgIpc) is 2.65. The first-order chi connectivity index (χ1) is 12.6. The maximum atomic E-state index is 12.7. The summed E-state index contributed by atoms with van der Waals surface area (Å²) in [5, 5.41) is 2.95. The lowest BCUT2D eigenvalue weighted by atomic mass is 9.96. The summed E-state index contributed by atoms with van der Waals surface area (Å²) in [6.45, 7) is 2.46. The summed E-state index contributed by atoms with van der Waals surface area (Å²) in [6, 6.07) is 17.4. The fourth-order valence-corrected chi connectivity index (χ4v) is 3.17. The third-order valence-corrected chi connectivity index (χ3v) is 4.72. The van der Waals surface area contributed by atoms with Crippen molar-refractivity contribution in [2.75, 3.05) is 20.2 Å². The van der Waals surface area contributed by atoms with Crippen molar-refractivity contribution in [3.05, 3.63) is 71.3 Å². The normalized spacial score (nSPS) is 20.1. The van der Waals surface area contributed by atoms with Crippen molar-refractivity contribution < 1.29 is 14.3 Å². The van der Waals surface area contributed by atoms with Gasteiger partial charge in [0.25, 0.3) is 5.91 Å². The van der Waals surface area contributed by atoms with Crippen LogP contribution in [0.3, 0.4) is 0 Å². The summed E-state index contributed by atoms with van der Waals surface area (Å²) < 4.78 is 5.62. The minimum Gasteiger partial charge on any atom is -0.356 e. The number of hydrogen-bond acceptors (Lipinski definition) is 3. The van der Waals surface area contributed by atoms with Crippen molar-refractivity contribution in [3.8, 4) is 0 Å². The molecule has 0 saturated carbocycles. The number of carbonyl (C=O) groups excluding carboxylic acids is 2. The van der Waals surface area contributed by atoms with Crippen LogP contribution in [0.5, 0.6) is 0 Å². The van der Waals surface area contributed by atoms with Crippen LogP contribution in [-0.2, 0) is 20.7 Å². The lowest BCUT2D eigenvalue weighted by Gasteiger charge is -2.38. The fraction of sp³-hybridized carbons (Fsp3) is 0.333. The number of morpholine rings is 1. The molecule has 1 aliphatic heterocycles. The third-order valence-electron chi connectivity index (χ3n) is 4.72.